The van der Waals surface area contributed by atoms with E-state index < -0.39 is 6.10 Å². The maximum atomic E-state index is 11.1. The Morgan fingerprint density at radius 3 is 2.53 bits per heavy atom. The van der Waals surface area contributed by atoms with E-state index in [4.69, 9.17) is 9.47 Å². The van der Waals surface area contributed by atoms with Crippen molar-refractivity contribution in [3.63, 3.8) is 0 Å². The Bertz CT molecular complexity index is 477. The van der Waals surface area contributed by atoms with Crippen molar-refractivity contribution in [3.05, 3.63) is 54.6 Å². The van der Waals surface area contributed by atoms with Gasteiger partial charge in [0.15, 0.2) is 0 Å². The monoisotopic (exact) mass is 260 g/mol. The summed E-state index contributed by atoms with van der Waals surface area (Å²) in [5.74, 6) is 0.357. The van der Waals surface area contributed by atoms with Crippen LogP contribution in [0.15, 0.2) is 43.5 Å². The highest BCUT2D eigenvalue weighted by molar-refractivity contribution is 5.66. The quantitative estimate of drug-likeness (QED) is 0.577. The Balaban J connectivity index is 3.17. The van der Waals surface area contributed by atoms with Gasteiger partial charge in [0, 0.05) is 12.5 Å². The molecule has 3 heteroatoms. The maximum absolute atomic E-state index is 11.1. The molecule has 0 amide bonds. The van der Waals surface area contributed by atoms with Crippen LogP contribution >= 0.6 is 0 Å². The second-order valence-electron chi connectivity index (χ2n) is 4.32. The van der Waals surface area contributed by atoms with Crippen LogP contribution in [0, 0.1) is 6.92 Å². The number of benzene rings is 1. The first kappa shape index (κ1) is 15.0. The normalized spacial score (nSPS) is 13.2. The van der Waals surface area contributed by atoms with E-state index in [-0.39, 0.29) is 12.1 Å². The molecule has 0 radical (unpaired) electrons. The zero-order valence-electron chi connectivity index (χ0n) is 11.7. The van der Waals surface area contributed by atoms with E-state index in [1.807, 2.05) is 32.0 Å². The first-order chi connectivity index (χ1) is 8.99. The summed E-state index contributed by atoms with van der Waals surface area (Å²) >= 11 is 0. The molecule has 1 rings (SSSR count). The van der Waals surface area contributed by atoms with Gasteiger partial charge >= 0.3 is 5.97 Å². The van der Waals surface area contributed by atoms with Crippen LogP contribution in [0.5, 0.6) is 5.75 Å². The summed E-state index contributed by atoms with van der Waals surface area (Å²) in [6, 6.07) is 5.71. The van der Waals surface area contributed by atoms with E-state index in [0.717, 1.165) is 11.1 Å². The Morgan fingerprint density at radius 2 is 2.00 bits per heavy atom. The van der Waals surface area contributed by atoms with Crippen molar-refractivity contribution in [1.82, 2.24) is 0 Å². The van der Waals surface area contributed by atoms with Crippen LogP contribution in [0.2, 0.25) is 0 Å². The van der Waals surface area contributed by atoms with Crippen molar-refractivity contribution < 1.29 is 14.3 Å². The summed E-state index contributed by atoms with van der Waals surface area (Å²) in [5.41, 5.74) is 1.77. The molecule has 0 aliphatic carbocycles. The molecule has 19 heavy (non-hydrogen) atoms. The van der Waals surface area contributed by atoms with Crippen LogP contribution in [0.1, 0.15) is 31.1 Å². The maximum Gasteiger partial charge on any atom is 0.303 e. The first-order valence-electron chi connectivity index (χ1n) is 6.18. The number of esters is 1. The molecule has 0 fully saturated rings. The van der Waals surface area contributed by atoms with Gasteiger partial charge < -0.3 is 9.47 Å². The molecule has 1 aromatic carbocycles. The molecule has 2 unspecified atom stereocenters. The van der Waals surface area contributed by atoms with Gasteiger partial charge in [0.25, 0.3) is 0 Å². The van der Waals surface area contributed by atoms with Gasteiger partial charge in [-0.1, -0.05) is 37.4 Å². The number of aryl methyl sites for hydroxylation is 1. The highest BCUT2D eigenvalue weighted by atomic mass is 16.5. The van der Waals surface area contributed by atoms with E-state index in [2.05, 4.69) is 13.2 Å². The van der Waals surface area contributed by atoms with E-state index in [1.165, 1.54) is 6.92 Å². The zero-order chi connectivity index (χ0) is 14.4. The zero-order valence-corrected chi connectivity index (χ0v) is 11.7. The molecule has 102 valence electrons. The lowest BCUT2D eigenvalue weighted by molar-refractivity contribution is -0.144. The van der Waals surface area contributed by atoms with Gasteiger partial charge in [0.1, 0.15) is 18.0 Å². The summed E-state index contributed by atoms with van der Waals surface area (Å²) in [4.78, 5) is 11.1. The van der Waals surface area contributed by atoms with Crippen molar-refractivity contribution in [3.8, 4) is 5.75 Å². The Morgan fingerprint density at radius 1 is 1.32 bits per heavy atom. The van der Waals surface area contributed by atoms with Crippen molar-refractivity contribution >= 4 is 5.97 Å². The number of hydrogen-bond donors (Lipinski definition) is 0. The van der Waals surface area contributed by atoms with Crippen molar-refractivity contribution in [2.45, 2.75) is 33.0 Å². The molecule has 3 nitrogen and oxygen atoms in total. The highest BCUT2D eigenvalue weighted by Crippen LogP contribution is 2.32. The third-order valence-corrected chi connectivity index (χ3v) is 2.69. The molecule has 0 heterocycles. The lowest BCUT2D eigenvalue weighted by Crippen LogP contribution is -2.13. The molecule has 0 aromatic heterocycles. The minimum Gasteiger partial charge on any atom is -0.486 e. The van der Waals surface area contributed by atoms with Crippen molar-refractivity contribution in [1.29, 1.82) is 0 Å². The van der Waals surface area contributed by atoms with Crippen LogP contribution < -0.4 is 4.74 Å². The summed E-state index contributed by atoms with van der Waals surface area (Å²) < 4.78 is 11.1. The molecule has 0 aliphatic heterocycles. The highest BCUT2D eigenvalue weighted by Gasteiger charge is 2.18. The number of para-hydroxylation sites is 1. The van der Waals surface area contributed by atoms with Gasteiger partial charge in [-0.25, -0.2) is 0 Å². The molecule has 0 N–H and O–H groups in total. The third kappa shape index (κ3) is 3.98. The average Bonchev–Trinajstić information content (AvgIpc) is 2.38. The van der Waals surface area contributed by atoms with E-state index >= 15 is 0 Å². The summed E-state index contributed by atoms with van der Waals surface area (Å²) in [6.45, 7) is 12.6. The number of ether oxygens (including phenoxy) is 2. The molecular formula is C16H20O3. The predicted molar refractivity (Wildman–Crippen MR) is 76.2 cm³/mol. The van der Waals surface area contributed by atoms with Crippen LogP contribution in [0.3, 0.4) is 0 Å². The minimum atomic E-state index is -0.510. The number of rotatable bonds is 6. The Labute approximate surface area is 114 Å². The van der Waals surface area contributed by atoms with Crippen molar-refractivity contribution in [2.75, 3.05) is 0 Å². The fourth-order valence-electron chi connectivity index (χ4n) is 1.71. The van der Waals surface area contributed by atoms with E-state index in [1.54, 1.807) is 12.2 Å². The first-order valence-corrected chi connectivity index (χ1v) is 6.18. The minimum absolute atomic E-state index is 0.123. The molecule has 0 spiro atoms. The molecular weight excluding hydrogens is 240 g/mol. The van der Waals surface area contributed by atoms with Crippen LogP contribution in [0.4, 0.5) is 0 Å². The number of carbonyl (C=O) groups is 1. The van der Waals surface area contributed by atoms with Gasteiger partial charge in [0.2, 0.25) is 0 Å². The van der Waals surface area contributed by atoms with Gasteiger partial charge in [-0.2, -0.15) is 0 Å². The van der Waals surface area contributed by atoms with Crippen LogP contribution in [-0.2, 0) is 9.53 Å². The molecule has 2 atom stereocenters. The fraction of sp³-hybridized carbons (Fsp3) is 0.312. The van der Waals surface area contributed by atoms with Crippen LogP contribution in [-0.4, -0.2) is 12.1 Å². The third-order valence-electron chi connectivity index (χ3n) is 2.69. The lowest BCUT2D eigenvalue weighted by atomic mass is 10.0. The number of carbonyl (C=O) groups excluding carboxylic acids is 1. The fourth-order valence-corrected chi connectivity index (χ4v) is 1.71. The van der Waals surface area contributed by atoms with E-state index in [0.29, 0.717) is 5.75 Å². The molecule has 0 saturated carbocycles. The predicted octanol–water partition coefficient (Wildman–Crippen LogP) is 3.74. The summed E-state index contributed by atoms with van der Waals surface area (Å²) in [6.07, 6.45) is 2.67. The largest absolute Gasteiger partial charge is 0.486 e. The average molecular weight is 260 g/mol. The smallest absolute Gasteiger partial charge is 0.303 e. The van der Waals surface area contributed by atoms with Gasteiger partial charge in [0.05, 0.1) is 0 Å². The second kappa shape index (κ2) is 6.78. The molecule has 0 bridgehead atoms. The van der Waals surface area contributed by atoms with Gasteiger partial charge in [-0.05, 0) is 25.5 Å². The summed E-state index contributed by atoms with van der Waals surface area (Å²) in [5, 5.41) is 0. The van der Waals surface area contributed by atoms with Gasteiger partial charge in [-0.3, -0.25) is 4.79 Å². The second-order valence-corrected chi connectivity index (χ2v) is 4.32. The Hall–Kier alpha value is -2.03. The van der Waals surface area contributed by atoms with Crippen LogP contribution in [0.25, 0.3) is 0 Å². The number of hydrogen-bond acceptors (Lipinski definition) is 3. The molecule has 1 aromatic rings. The standard InChI is InChI=1S/C16H20O3/c1-6-12(4)18-16-11(3)9-8-10-14(16)15(7-2)19-13(5)17/h6-10,12,15H,1-2H2,3-5H3. The topological polar surface area (TPSA) is 35.5 Å². The molecule has 0 aliphatic rings. The van der Waals surface area contributed by atoms with E-state index in [9.17, 15) is 4.79 Å². The SMILES string of the molecule is C=CC(C)Oc1c(C)cccc1C(C=C)OC(C)=O. The van der Waals surface area contributed by atoms with Crippen molar-refractivity contribution in [2.24, 2.45) is 0 Å². The van der Waals surface area contributed by atoms with Gasteiger partial charge in [-0.15, -0.1) is 0 Å². The Kier molecular flexibility index (Phi) is 5.37. The molecule has 0 saturated heterocycles. The summed E-state index contributed by atoms with van der Waals surface area (Å²) in [7, 11) is 0. The lowest BCUT2D eigenvalue weighted by Gasteiger charge is -2.21.